The molecule has 0 unspecified atom stereocenters. The molecule has 11 heteroatoms. The minimum Gasteiger partial charge on any atom is -0.506 e. The van der Waals surface area contributed by atoms with Crippen LogP contribution in [-0.2, 0) is 0 Å². The summed E-state index contributed by atoms with van der Waals surface area (Å²) in [5, 5.41) is 13.7. The van der Waals surface area contributed by atoms with Crippen LogP contribution in [0.25, 0.3) is 0 Å². The maximum absolute atomic E-state index is 14.0. The van der Waals surface area contributed by atoms with Crippen LogP contribution in [0.15, 0.2) is 40.9 Å². The molecule has 0 saturated carbocycles. The van der Waals surface area contributed by atoms with Crippen molar-refractivity contribution in [1.29, 1.82) is 0 Å². The Morgan fingerprint density at radius 1 is 1.07 bits per heavy atom. The van der Waals surface area contributed by atoms with Gasteiger partial charge in [0, 0.05) is 31.7 Å². The van der Waals surface area contributed by atoms with Crippen LogP contribution in [0.2, 0.25) is 0 Å². The summed E-state index contributed by atoms with van der Waals surface area (Å²) in [4.78, 5) is 2.04. The van der Waals surface area contributed by atoms with Gasteiger partial charge in [-0.2, -0.15) is 0 Å². The average Bonchev–Trinajstić information content (AvgIpc) is 2.60. The smallest absolute Gasteiger partial charge is 0.506 e. The highest BCUT2D eigenvalue weighted by Crippen LogP contribution is 2.39. The molecule has 0 amide bonds. The molecule has 1 saturated heterocycles. The van der Waals surface area contributed by atoms with Crippen molar-refractivity contribution in [3.05, 3.63) is 57.8 Å². The number of rotatable bonds is 4. The van der Waals surface area contributed by atoms with E-state index < -0.39 is 18.2 Å². The maximum atomic E-state index is 14.0. The maximum Gasteiger partial charge on any atom is 0.573 e. The highest BCUT2D eigenvalue weighted by atomic mass is 79.9. The lowest BCUT2D eigenvalue weighted by Gasteiger charge is -2.36. The molecule has 0 radical (unpaired) electrons. The molecular formula is C18H19BrCl2F4N2O2. The number of hydrogen-bond donors (Lipinski definition) is 2. The first-order chi connectivity index (χ1) is 12.7. The van der Waals surface area contributed by atoms with Crippen LogP contribution in [0.4, 0.5) is 17.6 Å². The van der Waals surface area contributed by atoms with Crippen LogP contribution < -0.4 is 10.1 Å². The monoisotopic (exact) mass is 520 g/mol. The third-order valence-corrected chi connectivity index (χ3v) is 4.90. The number of phenolic OH excluding ortho intramolecular Hbond substituents is 1. The van der Waals surface area contributed by atoms with Crippen molar-refractivity contribution in [3.8, 4) is 11.5 Å². The van der Waals surface area contributed by atoms with E-state index in [-0.39, 0.29) is 40.8 Å². The second-order valence-corrected chi connectivity index (χ2v) is 6.99. The van der Waals surface area contributed by atoms with E-state index in [0.717, 1.165) is 6.07 Å². The molecule has 0 aliphatic carbocycles. The molecule has 0 spiro atoms. The SMILES string of the molecule is Cl.Cl.Oc1c(Br)cc(F)cc1[C@H](c1ccc(OC(F)(F)F)cc1)N1CCNCC1. The van der Waals surface area contributed by atoms with Gasteiger partial charge in [0.2, 0.25) is 0 Å². The lowest BCUT2D eigenvalue weighted by molar-refractivity contribution is -0.274. The van der Waals surface area contributed by atoms with Crippen molar-refractivity contribution in [2.75, 3.05) is 26.2 Å². The molecule has 4 nitrogen and oxygen atoms in total. The summed E-state index contributed by atoms with van der Waals surface area (Å²) in [5.41, 5.74) is 0.965. The van der Waals surface area contributed by atoms with Crippen molar-refractivity contribution < 1.29 is 27.4 Å². The third-order valence-electron chi connectivity index (χ3n) is 4.30. The fourth-order valence-electron chi connectivity index (χ4n) is 3.17. The lowest BCUT2D eigenvalue weighted by atomic mass is 9.95. The molecular weight excluding hydrogens is 503 g/mol. The highest BCUT2D eigenvalue weighted by Gasteiger charge is 2.32. The van der Waals surface area contributed by atoms with E-state index in [9.17, 15) is 22.7 Å². The van der Waals surface area contributed by atoms with Gasteiger partial charge >= 0.3 is 6.36 Å². The van der Waals surface area contributed by atoms with Crippen molar-refractivity contribution in [2.45, 2.75) is 12.4 Å². The number of hydrogen-bond acceptors (Lipinski definition) is 4. The minimum atomic E-state index is -4.77. The molecule has 0 aromatic heterocycles. The van der Waals surface area contributed by atoms with Gasteiger partial charge < -0.3 is 15.2 Å². The number of halogens is 7. The Bertz CT molecular complexity index is 804. The van der Waals surface area contributed by atoms with E-state index >= 15 is 0 Å². The first-order valence-electron chi connectivity index (χ1n) is 8.23. The van der Waals surface area contributed by atoms with Crippen LogP contribution in [0, 0.1) is 5.82 Å². The Morgan fingerprint density at radius 2 is 1.66 bits per heavy atom. The second-order valence-electron chi connectivity index (χ2n) is 6.13. The number of nitrogens with zero attached hydrogens (tertiary/aromatic N) is 1. The Balaban J connectivity index is 0.00000210. The predicted molar refractivity (Wildman–Crippen MR) is 110 cm³/mol. The average molecular weight is 522 g/mol. The van der Waals surface area contributed by atoms with Crippen LogP contribution in [0.3, 0.4) is 0 Å². The number of alkyl halides is 3. The van der Waals surface area contributed by atoms with Gasteiger partial charge in [0.05, 0.1) is 10.5 Å². The van der Waals surface area contributed by atoms with Crippen molar-refractivity contribution in [1.82, 2.24) is 10.2 Å². The van der Waals surface area contributed by atoms with Gasteiger partial charge in [-0.1, -0.05) is 12.1 Å². The van der Waals surface area contributed by atoms with Gasteiger partial charge in [-0.15, -0.1) is 38.0 Å². The van der Waals surface area contributed by atoms with Crippen LogP contribution in [-0.4, -0.2) is 42.5 Å². The molecule has 2 aromatic carbocycles. The fraction of sp³-hybridized carbons (Fsp3) is 0.333. The van der Waals surface area contributed by atoms with E-state index in [1.54, 1.807) is 0 Å². The van der Waals surface area contributed by atoms with Crippen molar-refractivity contribution in [2.24, 2.45) is 0 Å². The molecule has 2 aromatic rings. The number of nitrogens with one attached hydrogen (secondary N) is 1. The molecule has 1 atom stereocenters. The number of ether oxygens (including phenoxy) is 1. The molecule has 1 aliphatic rings. The predicted octanol–water partition coefficient (Wildman–Crippen LogP) is 5.03. The van der Waals surface area contributed by atoms with Gasteiger partial charge in [0.1, 0.15) is 17.3 Å². The number of aromatic hydroxyl groups is 1. The highest BCUT2D eigenvalue weighted by molar-refractivity contribution is 9.10. The number of benzene rings is 2. The molecule has 1 aliphatic heterocycles. The zero-order valence-electron chi connectivity index (χ0n) is 14.9. The molecule has 1 heterocycles. The largest absolute Gasteiger partial charge is 0.573 e. The number of phenols is 1. The summed E-state index contributed by atoms with van der Waals surface area (Å²) in [6, 6.07) is 7.30. The van der Waals surface area contributed by atoms with Gasteiger partial charge in [-0.25, -0.2) is 4.39 Å². The van der Waals surface area contributed by atoms with Crippen LogP contribution in [0.1, 0.15) is 17.2 Å². The van der Waals surface area contributed by atoms with E-state index in [1.165, 1.54) is 30.3 Å². The summed E-state index contributed by atoms with van der Waals surface area (Å²) >= 11 is 3.14. The number of piperazine rings is 1. The van der Waals surface area contributed by atoms with Gasteiger partial charge in [-0.05, 0) is 45.8 Å². The first-order valence-corrected chi connectivity index (χ1v) is 9.02. The molecule has 3 rings (SSSR count). The Morgan fingerprint density at radius 3 is 2.21 bits per heavy atom. The second kappa shape index (κ2) is 10.7. The summed E-state index contributed by atoms with van der Waals surface area (Å²) in [6.45, 7) is 2.70. The van der Waals surface area contributed by atoms with E-state index in [1.807, 2.05) is 4.90 Å². The Kier molecular flexibility index (Phi) is 9.49. The van der Waals surface area contributed by atoms with Gasteiger partial charge in [-0.3, -0.25) is 4.90 Å². The van der Waals surface area contributed by atoms with Crippen molar-refractivity contribution in [3.63, 3.8) is 0 Å². The molecule has 162 valence electrons. The Labute approximate surface area is 186 Å². The summed E-state index contributed by atoms with van der Waals surface area (Å²) in [7, 11) is 0. The summed E-state index contributed by atoms with van der Waals surface area (Å²) in [6.07, 6.45) is -4.77. The standard InChI is InChI=1S/C18H17BrF4N2O2.2ClH/c19-15-10-12(20)9-14(17(15)26)16(25-7-5-24-6-8-25)11-1-3-13(4-2-11)27-18(21,22)23;;/h1-4,9-10,16,24,26H,5-8H2;2*1H/t16-;;/m0../s1. The Hall–Kier alpha value is -1.26. The fourth-order valence-corrected chi connectivity index (χ4v) is 3.62. The molecule has 29 heavy (non-hydrogen) atoms. The van der Waals surface area contributed by atoms with Crippen LogP contribution >= 0.6 is 40.7 Å². The zero-order chi connectivity index (χ0) is 19.6. The normalized spacial score (nSPS) is 15.8. The summed E-state index contributed by atoms with van der Waals surface area (Å²) in [5.74, 6) is -0.961. The first kappa shape index (κ1) is 25.8. The molecule has 1 fully saturated rings. The molecule has 0 bridgehead atoms. The van der Waals surface area contributed by atoms with E-state index in [0.29, 0.717) is 37.3 Å². The lowest BCUT2D eigenvalue weighted by Crippen LogP contribution is -2.45. The van der Waals surface area contributed by atoms with E-state index in [4.69, 9.17) is 0 Å². The van der Waals surface area contributed by atoms with E-state index in [2.05, 4.69) is 26.0 Å². The quantitative estimate of drug-likeness (QED) is 0.554. The van der Waals surface area contributed by atoms with Gasteiger partial charge in [0.25, 0.3) is 0 Å². The molecule has 2 N–H and O–H groups in total. The topological polar surface area (TPSA) is 44.7 Å². The summed E-state index contributed by atoms with van der Waals surface area (Å²) < 4.78 is 55.3. The third kappa shape index (κ3) is 6.62. The zero-order valence-corrected chi connectivity index (χ0v) is 18.1. The minimum absolute atomic E-state index is 0. The van der Waals surface area contributed by atoms with Crippen molar-refractivity contribution >= 4 is 40.7 Å². The van der Waals surface area contributed by atoms with Crippen LogP contribution in [0.5, 0.6) is 11.5 Å². The van der Waals surface area contributed by atoms with Gasteiger partial charge in [0.15, 0.2) is 0 Å².